The third-order valence-electron chi connectivity index (χ3n) is 5.17. The molecule has 7 heteroatoms. The third kappa shape index (κ3) is 4.10. The van der Waals surface area contributed by atoms with E-state index in [4.69, 9.17) is 0 Å². The normalized spacial score (nSPS) is 18.0. The first-order valence-electron chi connectivity index (χ1n) is 9.55. The number of hydrogen-bond acceptors (Lipinski definition) is 3. The molecule has 0 spiro atoms. The van der Waals surface area contributed by atoms with E-state index in [-0.39, 0.29) is 11.6 Å². The lowest BCUT2D eigenvalue weighted by molar-refractivity contribution is 0.102. The number of amides is 1. The van der Waals surface area contributed by atoms with Crippen LogP contribution in [0.5, 0.6) is 0 Å². The zero-order valence-corrected chi connectivity index (χ0v) is 16.9. The van der Waals surface area contributed by atoms with Crippen molar-refractivity contribution in [3.05, 3.63) is 59.4 Å². The van der Waals surface area contributed by atoms with Crippen molar-refractivity contribution >= 4 is 21.6 Å². The van der Waals surface area contributed by atoms with Crippen molar-refractivity contribution in [2.24, 2.45) is 0 Å². The summed E-state index contributed by atoms with van der Waals surface area (Å²) in [5, 5.41) is 2.79. The average Bonchev–Trinajstić information content (AvgIpc) is 2.68. The first-order valence-corrected chi connectivity index (χ1v) is 11.0. The van der Waals surface area contributed by atoms with Crippen molar-refractivity contribution in [3.8, 4) is 0 Å². The van der Waals surface area contributed by atoms with Crippen LogP contribution in [-0.2, 0) is 16.4 Å². The first-order chi connectivity index (χ1) is 13.3. The Labute approximate surface area is 165 Å². The summed E-state index contributed by atoms with van der Waals surface area (Å²) < 4.78 is 41.8. The Hall–Kier alpha value is -2.25. The molecule has 3 rings (SSSR count). The molecule has 5 nitrogen and oxygen atoms in total. The quantitative estimate of drug-likeness (QED) is 0.812. The van der Waals surface area contributed by atoms with Crippen LogP contribution >= 0.6 is 0 Å². The Bertz CT molecular complexity index is 975. The van der Waals surface area contributed by atoms with Crippen LogP contribution in [0.25, 0.3) is 0 Å². The standard InChI is InChI=1S/C21H25FN2O3S/c1-3-16-9-4-5-10-19(16)23-21(25)17-11-12-18(22)20(14-17)28(26,27)24-13-7-6-8-15(24)2/h4-5,9-12,14-15H,3,6-8,13H2,1-2H3,(H,23,25)/t15-/m1/s1. The Morgan fingerprint density at radius 3 is 2.68 bits per heavy atom. The maximum atomic E-state index is 14.4. The van der Waals surface area contributed by atoms with Crippen LogP contribution in [0.1, 0.15) is 49.0 Å². The zero-order valence-electron chi connectivity index (χ0n) is 16.1. The number of carbonyl (C=O) groups excluding carboxylic acids is 1. The van der Waals surface area contributed by atoms with E-state index in [1.165, 1.54) is 10.4 Å². The number of sulfonamides is 1. The van der Waals surface area contributed by atoms with Crippen LogP contribution in [0.2, 0.25) is 0 Å². The number of benzene rings is 2. The fourth-order valence-corrected chi connectivity index (χ4v) is 5.33. The Morgan fingerprint density at radius 1 is 1.21 bits per heavy atom. The van der Waals surface area contributed by atoms with Crippen LogP contribution in [0, 0.1) is 5.82 Å². The summed E-state index contributed by atoms with van der Waals surface area (Å²) in [4.78, 5) is 12.2. The maximum Gasteiger partial charge on any atom is 0.255 e. The van der Waals surface area contributed by atoms with Crippen molar-refractivity contribution in [2.45, 2.75) is 50.5 Å². The number of halogens is 1. The van der Waals surface area contributed by atoms with E-state index in [0.29, 0.717) is 12.2 Å². The second kappa shape index (κ2) is 8.41. The Kier molecular flexibility index (Phi) is 6.15. The molecule has 0 radical (unpaired) electrons. The van der Waals surface area contributed by atoms with E-state index in [1.54, 1.807) is 6.07 Å². The van der Waals surface area contributed by atoms with Crippen LogP contribution in [-0.4, -0.2) is 31.2 Å². The monoisotopic (exact) mass is 404 g/mol. The lowest BCUT2D eigenvalue weighted by atomic mass is 10.1. The summed E-state index contributed by atoms with van der Waals surface area (Å²) in [5.74, 6) is -1.31. The number of nitrogens with zero attached hydrogens (tertiary/aromatic N) is 1. The van der Waals surface area contributed by atoms with Gasteiger partial charge in [-0.2, -0.15) is 4.31 Å². The SMILES string of the molecule is CCc1ccccc1NC(=O)c1ccc(F)c(S(=O)(=O)N2CCCC[C@H]2C)c1. The van der Waals surface area contributed by atoms with Crippen LogP contribution in [0.3, 0.4) is 0 Å². The predicted molar refractivity (Wildman–Crippen MR) is 107 cm³/mol. The van der Waals surface area contributed by atoms with Gasteiger partial charge in [0.25, 0.3) is 5.91 Å². The Morgan fingerprint density at radius 2 is 1.96 bits per heavy atom. The molecule has 0 aromatic heterocycles. The fourth-order valence-electron chi connectivity index (χ4n) is 3.54. The highest BCUT2D eigenvalue weighted by molar-refractivity contribution is 7.89. The lowest BCUT2D eigenvalue weighted by Gasteiger charge is -2.32. The first kappa shape index (κ1) is 20.5. The summed E-state index contributed by atoms with van der Waals surface area (Å²) in [6.07, 6.45) is 3.19. The molecule has 150 valence electrons. The van der Waals surface area contributed by atoms with Crippen molar-refractivity contribution < 1.29 is 17.6 Å². The van der Waals surface area contributed by atoms with Gasteiger partial charge in [0.05, 0.1) is 0 Å². The van der Waals surface area contributed by atoms with Gasteiger partial charge in [-0.05, 0) is 56.0 Å². The number of carbonyl (C=O) groups is 1. The predicted octanol–water partition coefficient (Wildman–Crippen LogP) is 4.20. The van der Waals surface area contributed by atoms with E-state index < -0.39 is 26.6 Å². The summed E-state index contributed by atoms with van der Waals surface area (Å²) in [6, 6.07) is 10.7. The van der Waals surface area contributed by atoms with Gasteiger partial charge in [-0.15, -0.1) is 0 Å². The van der Waals surface area contributed by atoms with E-state index in [9.17, 15) is 17.6 Å². The highest BCUT2D eigenvalue weighted by Gasteiger charge is 2.33. The number of piperidine rings is 1. The van der Waals surface area contributed by atoms with Gasteiger partial charge in [0.1, 0.15) is 10.7 Å². The summed E-state index contributed by atoms with van der Waals surface area (Å²) >= 11 is 0. The summed E-state index contributed by atoms with van der Waals surface area (Å²) in [7, 11) is -4.01. The maximum absolute atomic E-state index is 14.4. The van der Waals surface area contributed by atoms with Gasteiger partial charge in [0.2, 0.25) is 10.0 Å². The van der Waals surface area contributed by atoms with Gasteiger partial charge in [-0.1, -0.05) is 31.5 Å². The van der Waals surface area contributed by atoms with E-state index in [2.05, 4.69) is 5.32 Å². The molecule has 0 unspecified atom stereocenters. The number of anilines is 1. The minimum absolute atomic E-state index is 0.107. The van der Waals surface area contributed by atoms with Crippen LogP contribution in [0.15, 0.2) is 47.4 Å². The fraction of sp³-hybridized carbons (Fsp3) is 0.381. The minimum atomic E-state index is -4.01. The molecule has 0 saturated carbocycles. The molecule has 1 aliphatic heterocycles. The molecule has 1 amide bonds. The number of rotatable bonds is 5. The van der Waals surface area contributed by atoms with E-state index >= 15 is 0 Å². The molecule has 1 heterocycles. The molecule has 0 bridgehead atoms. The number of nitrogens with one attached hydrogen (secondary N) is 1. The van der Waals surface area contributed by atoms with Crippen LogP contribution in [0.4, 0.5) is 10.1 Å². The summed E-state index contributed by atoms with van der Waals surface area (Å²) in [6.45, 7) is 4.17. The minimum Gasteiger partial charge on any atom is -0.322 e. The molecule has 1 N–H and O–H groups in total. The average molecular weight is 405 g/mol. The van der Waals surface area contributed by atoms with Gasteiger partial charge in [0, 0.05) is 23.8 Å². The van der Waals surface area contributed by atoms with Crippen LogP contribution < -0.4 is 5.32 Å². The van der Waals surface area contributed by atoms with Crippen molar-refractivity contribution in [3.63, 3.8) is 0 Å². The van der Waals surface area contributed by atoms with Gasteiger partial charge in [0.15, 0.2) is 0 Å². The van der Waals surface area contributed by atoms with Crippen molar-refractivity contribution in [2.75, 3.05) is 11.9 Å². The highest BCUT2D eigenvalue weighted by Crippen LogP contribution is 2.27. The molecule has 1 atom stereocenters. The van der Waals surface area contributed by atoms with E-state index in [0.717, 1.165) is 43.4 Å². The molecule has 2 aromatic carbocycles. The molecule has 1 aliphatic rings. The molecule has 28 heavy (non-hydrogen) atoms. The molecule has 2 aromatic rings. The van der Waals surface area contributed by atoms with Gasteiger partial charge in [-0.25, -0.2) is 12.8 Å². The summed E-state index contributed by atoms with van der Waals surface area (Å²) in [5.41, 5.74) is 1.73. The zero-order chi connectivity index (χ0) is 20.3. The molecule has 1 fully saturated rings. The lowest BCUT2D eigenvalue weighted by Crippen LogP contribution is -2.42. The second-order valence-corrected chi connectivity index (χ2v) is 8.93. The molecular weight excluding hydrogens is 379 g/mol. The number of para-hydroxylation sites is 1. The number of aryl methyl sites for hydroxylation is 1. The highest BCUT2D eigenvalue weighted by atomic mass is 32.2. The Balaban J connectivity index is 1.92. The topological polar surface area (TPSA) is 66.5 Å². The molecule has 0 aliphatic carbocycles. The van der Waals surface area contributed by atoms with Gasteiger partial charge >= 0.3 is 0 Å². The number of hydrogen-bond donors (Lipinski definition) is 1. The second-order valence-electron chi connectivity index (χ2n) is 7.07. The molecule has 1 saturated heterocycles. The van der Waals surface area contributed by atoms with Crippen molar-refractivity contribution in [1.82, 2.24) is 4.31 Å². The third-order valence-corrected chi connectivity index (χ3v) is 7.20. The molecular formula is C21H25FN2O3S. The largest absolute Gasteiger partial charge is 0.322 e. The van der Waals surface area contributed by atoms with E-state index in [1.807, 2.05) is 32.0 Å². The van der Waals surface area contributed by atoms with Gasteiger partial charge < -0.3 is 5.32 Å². The van der Waals surface area contributed by atoms with Crippen molar-refractivity contribution in [1.29, 1.82) is 0 Å². The smallest absolute Gasteiger partial charge is 0.255 e. The van der Waals surface area contributed by atoms with Gasteiger partial charge in [-0.3, -0.25) is 4.79 Å².